The largest absolute Gasteiger partial charge is 0.508 e. The normalized spacial score (nSPS) is 26.6. The third kappa shape index (κ3) is 7.75. The predicted molar refractivity (Wildman–Crippen MR) is 206 cm³/mol. The molecule has 50 heavy (non-hydrogen) atoms. The molecule has 2 aromatic heterocycles. The van der Waals surface area contributed by atoms with Crippen molar-refractivity contribution < 1.29 is 15.0 Å². The van der Waals surface area contributed by atoms with E-state index in [4.69, 9.17) is 5.73 Å². The van der Waals surface area contributed by atoms with Crippen molar-refractivity contribution in [1.29, 1.82) is 0 Å². The number of thiophene rings is 2. The molecule has 7 unspecified atom stereocenters. The first kappa shape index (κ1) is 36.0. The summed E-state index contributed by atoms with van der Waals surface area (Å²) in [5.41, 5.74) is 8.68. The van der Waals surface area contributed by atoms with Crippen LogP contribution in [0.3, 0.4) is 0 Å². The van der Waals surface area contributed by atoms with Gasteiger partial charge in [0.1, 0.15) is 5.75 Å². The molecule has 3 aromatic rings. The quantitative estimate of drug-likeness (QED) is 0.0687. The fourth-order valence-corrected chi connectivity index (χ4v) is 10.8. The number of ketones is 1. The molecule has 2 fully saturated rings. The van der Waals surface area contributed by atoms with E-state index < -0.39 is 6.10 Å². The number of nitrogens with one attached hydrogen (secondary N) is 3. The number of aliphatic hydroxyl groups excluding tert-OH is 1. The maximum atomic E-state index is 14.7. The molecule has 7 N–H and O–H groups in total. The number of aromatic hydroxyl groups is 1. The maximum Gasteiger partial charge on any atom is 0.188 e. The van der Waals surface area contributed by atoms with Gasteiger partial charge in [-0.25, -0.2) is 0 Å². The summed E-state index contributed by atoms with van der Waals surface area (Å²) in [6, 6.07) is 11.7. The molecule has 1 spiro atoms. The fourth-order valence-electron chi connectivity index (χ4n) is 8.78. The molecule has 3 aliphatic rings. The van der Waals surface area contributed by atoms with Crippen molar-refractivity contribution in [2.24, 2.45) is 39.8 Å². The molecule has 10 heteroatoms. The Kier molecular flexibility index (Phi) is 11.2. The summed E-state index contributed by atoms with van der Waals surface area (Å²) in [7, 11) is 3.70. The van der Waals surface area contributed by atoms with E-state index in [2.05, 4.69) is 62.8 Å². The molecule has 1 aromatic carbocycles. The van der Waals surface area contributed by atoms with Gasteiger partial charge in [0.2, 0.25) is 0 Å². The van der Waals surface area contributed by atoms with Crippen LogP contribution in [0, 0.1) is 52.8 Å². The fraction of sp³-hybridized carbons (Fsp3) is 0.500. The van der Waals surface area contributed by atoms with Crippen LogP contribution in [0.4, 0.5) is 5.69 Å². The number of Topliss-reactive ketones (excluding diaryl/α,β-unsaturated/α-hetero) is 1. The van der Waals surface area contributed by atoms with E-state index in [0.717, 1.165) is 81.4 Å². The molecule has 2 saturated carbocycles. The number of carbonyl (C=O) groups excluding carboxylic acids is 1. The van der Waals surface area contributed by atoms with Crippen LogP contribution in [0.15, 0.2) is 41.4 Å². The number of hydrogen-bond acceptors (Lipinski definition) is 8. The van der Waals surface area contributed by atoms with Gasteiger partial charge in [-0.2, -0.15) is 0 Å². The van der Waals surface area contributed by atoms with E-state index in [0.29, 0.717) is 30.8 Å². The summed E-state index contributed by atoms with van der Waals surface area (Å²) in [6.07, 6.45) is 5.30. The summed E-state index contributed by atoms with van der Waals surface area (Å²) < 4.78 is 0. The number of aliphatic imine (C=N–C) groups is 1. The van der Waals surface area contributed by atoms with E-state index in [1.807, 2.05) is 20.0 Å². The second-order valence-electron chi connectivity index (χ2n) is 14.3. The number of nitrogens with two attached hydrogens (primary N) is 1. The smallest absolute Gasteiger partial charge is 0.188 e. The van der Waals surface area contributed by atoms with E-state index in [1.54, 1.807) is 48.8 Å². The highest BCUT2D eigenvalue weighted by Gasteiger charge is 2.55. The first-order chi connectivity index (χ1) is 24.1. The van der Waals surface area contributed by atoms with Crippen LogP contribution < -0.4 is 21.7 Å². The van der Waals surface area contributed by atoms with E-state index in [9.17, 15) is 15.0 Å². The average Bonchev–Trinajstić information content (AvgIpc) is 3.84. The first-order valence-electron chi connectivity index (χ1n) is 17.7. The summed E-state index contributed by atoms with van der Waals surface area (Å²) in [5, 5.41) is 31.2. The second kappa shape index (κ2) is 15.6. The Morgan fingerprint density at radius 1 is 1.14 bits per heavy atom. The minimum absolute atomic E-state index is 0.0687. The molecule has 6 rings (SSSR count). The lowest BCUT2D eigenvalue weighted by atomic mass is 9.58. The number of rotatable bonds is 9. The molecular weight excluding hydrogens is 663 g/mol. The van der Waals surface area contributed by atoms with E-state index in [-0.39, 0.29) is 34.8 Å². The summed E-state index contributed by atoms with van der Waals surface area (Å²) in [4.78, 5) is 23.1. The Hall–Kier alpha value is -3.80. The van der Waals surface area contributed by atoms with Crippen LogP contribution in [-0.4, -0.2) is 61.3 Å². The van der Waals surface area contributed by atoms with Gasteiger partial charge >= 0.3 is 0 Å². The van der Waals surface area contributed by atoms with Gasteiger partial charge in [0.05, 0.1) is 27.1 Å². The summed E-state index contributed by atoms with van der Waals surface area (Å²) in [6.45, 7) is 4.81. The monoisotopic (exact) mass is 711 g/mol. The number of aliphatic hydroxyl groups is 1. The molecule has 3 bridgehead atoms. The minimum atomic E-state index is -0.557. The van der Waals surface area contributed by atoms with Crippen molar-refractivity contribution >= 4 is 40.1 Å². The van der Waals surface area contributed by atoms with E-state index >= 15 is 0 Å². The van der Waals surface area contributed by atoms with Gasteiger partial charge in [-0.1, -0.05) is 17.8 Å². The van der Waals surface area contributed by atoms with Gasteiger partial charge < -0.3 is 31.9 Å². The number of nitrogens with zero attached hydrogens (tertiary/aromatic N) is 1. The summed E-state index contributed by atoms with van der Waals surface area (Å²) in [5.74, 6) is 14.9. The van der Waals surface area contributed by atoms with E-state index in [1.165, 1.54) is 0 Å². The van der Waals surface area contributed by atoms with Crippen LogP contribution in [0.25, 0.3) is 9.75 Å². The molecule has 0 amide bonds. The third-order valence-electron chi connectivity index (χ3n) is 10.9. The highest BCUT2D eigenvalue weighted by atomic mass is 32.1. The number of guanidine groups is 1. The van der Waals surface area contributed by atoms with Crippen LogP contribution in [0.1, 0.15) is 78.0 Å². The molecule has 8 nitrogen and oxygen atoms in total. The highest BCUT2D eigenvalue weighted by molar-refractivity contribution is 7.23. The van der Waals surface area contributed by atoms with Gasteiger partial charge in [-0.05, 0) is 125 Å². The molecule has 264 valence electrons. The molecule has 0 radical (unpaired) electrons. The number of fused-ring (bicyclic) bond motifs is 3. The number of hydrogen-bond donors (Lipinski definition) is 6. The number of anilines is 1. The number of phenolic OH excluding ortho intramolecular Hbond substituents is 1. The minimum Gasteiger partial charge on any atom is -0.508 e. The molecule has 2 heterocycles. The highest BCUT2D eigenvalue weighted by Crippen LogP contribution is 2.60. The van der Waals surface area contributed by atoms with Crippen LogP contribution in [-0.2, 0) is 6.42 Å². The Balaban J connectivity index is 1.38. The lowest BCUT2D eigenvalue weighted by molar-refractivity contribution is 0.0377. The topological polar surface area (TPSA) is 132 Å². The van der Waals surface area contributed by atoms with Crippen LogP contribution >= 0.6 is 22.7 Å². The van der Waals surface area contributed by atoms with Gasteiger partial charge in [0, 0.05) is 47.8 Å². The van der Waals surface area contributed by atoms with Crippen molar-refractivity contribution in [3.8, 4) is 39.2 Å². The van der Waals surface area contributed by atoms with Crippen molar-refractivity contribution in [3.63, 3.8) is 0 Å². The van der Waals surface area contributed by atoms with Crippen LogP contribution in [0.5, 0.6) is 5.75 Å². The molecule has 0 aliphatic heterocycles. The second-order valence-corrected chi connectivity index (χ2v) is 16.5. The van der Waals surface area contributed by atoms with Crippen molar-refractivity contribution in [1.82, 2.24) is 10.6 Å². The Morgan fingerprint density at radius 2 is 1.92 bits per heavy atom. The Bertz CT molecular complexity index is 1860. The maximum absolute atomic E-state index is 14.7. The zero-order valence-electron chi connectivity index (χ0n) is 29.4. The lowest BCUT2D eigenvalue weighted by Gasteiger charge is -2.47. The Labute approximate surface area is 304 Å². The zero-order chi connectivity index (χ0) is 35.4. The third-order valence-corrected chi connectivity index (χ3v) is 13.2. The van der Waals surface area contributed by atoms with Gasteiger partial charge in [-0.15, -0.1) is 28.6 Å². The predicted octanol–water partition coefficient (Wildman–Crippen LogP) is 6.08. The lowest BCUT2D eigenvalue weighted by Crippen LogP contribution is -2.50. The van der Waals surface area contributed by atoms with Gasteiger partial charge in [-0.3, -0.25) is 9.79 Å². The van der Waals surface area contributed by atoms with Crippen molar-refractivity contribution in [2.75, 3.05) is 32.5 Å². The molecule has 7 atom stereocenters. The summed E-state index contributed by atoms with van der Waals surface area (Å²) >= 11 is 3.28. The number of carbonyl (C=O) groups is 1. The number of phenols is 1. The first-order valence-corrected chi connectivity index (χ1v) is 19.3. The van der Waals surface area contributed by atoms with Crippen LogP contribution in [0.2, 0.25) is 0 Å². The van der Waals surface area contributed by atoms with Crippen molar-refractivity contribution in [3.05, 3.63) is 57.3 Å². The standard InChI is InChI=1S/C40H49N5O3S2/c1-5-7-30-11-13-35(49-30)36-14-15-37(50-36)38(48)32-12-10-26-20-40(32)19-25(28(21-40)23-42-3)8-6-9-31-27(17-33(26)45-39(41)43-4)16-29(47)18-34(31)44-22-24(2)46/h11,13-16,18,24-26,28,32-33,42,44,46-47H,8,10,12,17,19-23H2,1-4H3,(H3,41,43,45). The molecule has 3 aliphatic carbocycles. The molecule has 0 saturated heterocycles. The van der Waals surface area contributed by atoms with Crippen molar-refractivity contribution in [2.45, 2.75) is 70.9 Å². The zero-order valence-corrected chi connectivity index (χ0v) is 31.1. The average molecular weight is 712 g/mol. The number of benzene rings is 1. The van der Waals surface area contributed by atoms with Gasteiger partial charge in [0.15, 0.2) is 11.7 Å². The Morgan fingerprint density at radius 3 is 2.68 bits per heavy atom. The van der Waals surface area contributed by atoms with Gasteiger partial charge in [0.25, 0.3) is 0 Å². The SMILES string of the molecule is CC#Cc1ccc(-c2ccc(C(=O)C3CCC4CC35CC(CC#Cc3c(cc(O)cc3NCC(C)O)CC4NC(N)=NC)C(CNC)C5)s2)s1. The molecular formula is C40H49N5O3S2.